The van der Waals surface area contributed by atoms with Crippen molar-refractivity contribution in [1.82, 2.24) is 10.5 Å². The molecule has 0 saturated carbocycles. The van der Waals surface area contributed by atoms with E-state index in [0.717, 1.165) is 24.2 Å². The number of rotatable bonds is 2. The summed E-state index contributed by atoms with van der Waals surface area (Å²) in [7, 11) is 0. The van der Waals surface area contributed by atoms with Gasteiger partial charge in [0.25, 0.3) is 0 Å². The molecule has 0 amide bonds. The minimum Gasteiger partial charge on any atom is -0.356 e. The predicted molar refractivity (Wildman–Crippen MR) is 71.1 cm³/mol. The molecule has 3 rings (SSSR count). The maximum Gasteiger partial charge on any atom is 0.167 e. The van der Waals surface area contributed by atoms with Crippen LogP contribution in [0.4, 0.5) is 4.39 Å². The van der Waals surface area contributed by atoms with Gasteiger partial charge in [0.15, 0.2) is 5.76 Å². The highest BCUT2D eigenvalue weighted by molar-refractivity contribution is 5.57. The molecule has 1 saturated heterocycles. The normalized spacial score (nSPS) is 20.2. The van der Waals surface area contributed by atoms with Crippen molar-refractivity contribution in [2.45, 2.75) is 31.7 Å². The van der Waals surface area contributed by atoms with Crippen molar-refractivity contribution in [2.75, 3.05) is 6.54 Å². The number of benzene rings is 1. The van der Waals surface area contributed by atoms with E-state index in [1.807, 2.05) is 6.07 Å². The molecule has 1 unspecified atom stereocenters. The Hall–Kier alpha value is -1.68. The molecule has 1 aromatic heterocycles. The lowest BCUT2D eigenvalue weighted by Crippen LogP contribution is -2.20. The highest BCUT2D eigenvalue weighted by atomic mass is 19.1. The summed E-state index contributed by atoms with van der Waals surface area (Å²) in [6, 6.07) is 8.51. The van der Waals surface area contributed by atoms with Crippen LogP contribution in [0, 0.1) is 5.82 Å². The SMILES string of the molecule is Fc1ccc(-c2cc(C3CCCCCN3)no2)cc1. The van der Waals surface area contributed by atoms with Gasteiger partial charge in [-0.3, -0.25) is 0 Å². The molecule has 2 aromatic rings. The topological polar surface area (TPSA) is 38.1 Å². The summed E-state index contributed by atoms with van der Waals surface area (Å²) >= 11 is 0. The smallest absolute Gasteiger partial charge is 0.167 e. The second-order valence-corrected chi connectivity index (χ2v) is 4.98. The molecule has 0 aliphatic carbocycles. The first-order valence-corrected chi connectivity index (χ1v) is 6.79. The first-order chi connectivity index (χ1) is 9.33. The molecule has 2 heterocycles. The van der Waals surface area contributed by atoms with Gasteiger partial charge in [-0.1, -0.05) is 18.0 Å². The standard InChI is InChI=1S/C15H17FN2O/c16-12-7-5-11(6-8-12)15-10-14(18-19-15)13-4-2-1-3-9-17-13/h5-8,10,13,17H,1-4,9H2. The van der Waals surface area contributed by atoms with E-state index in [9.17, 15) is 4.39 Å². The molecule has 3 nitrogen and oxygen atoms in total. The Morgan fingerprint density at radius 1 is 1.16 bits per heavy atom. The zero-order valence-electron chi connectivity index (χ0n) is 10.7. The highest BCUT2D eigenvalue weighted by Gasteiger charge is 2.18. The lowest BCUT2D eigenvalue weighted by molar-refractivity contribution is 0.402. The van der Waals surface area contributed by atoms with Gasteiger partial charge >= 0.3 is 0 Å². The van der Waals surface area contributed by atoms with Crippen LogP contribution in [0.3, 0.4) is 0 Å². The van der Waals surface area contributed by atoms with Gasteiger partial charge in [0.1, 0.15) is 11.5 Å². The Kier molecular flexibility index (Phi) is 3.60. The molecule has 1 atom stereocenters. The van der Waals surface area contributed by atoms with Crippen LogP contribution in [-0.2, 0) is 0 Å². The Morgan fingerprint density at radius 3 is 2.84 bits per heavy atom. The Balaban J connectivity index is 1.80. The number of nitrogens with zero attached hydrogens (tertiary/aromatic N) is 1. The highest BCUT2D eigenvalue weighted by Crippen LogP contribution is 2.26. The molecule has 1 aliphatic heterocycles. The Morgan fingerprint density at radius 2 is 2.00 bits per heavy atom. The van der Waals surface area contributed by atoms with Crippen molar-refractivity contribution >= 4 is 0 Å². The average molecular weight is 260 g/mol. The third kappa shape index (κ3) is 2.84. The predicted octanol–water partition coefficient (Wildman–Crippen LogP) is 3.69. The van der Waals surface area contributed by atoms with Gasteiger partial charge in [0, 0.05) is 11.6 Å². The van der Waals surface area contributed by atoms with E-state index in [-0.39, 0.29) is 11.9 Å². The molecule has 4 heteroatoms. The first-order valence-electron chi connectivity index (χ1n) is 6.79. The van der Waals surface area contributed by atoms with Crippen molar-refractivity contribution in [3.05, 3.63) is 41.8 Å². The summed E-state index contributed by atoms with van der Waals surface area (Å²) in [5.74, 6) is 0.454. The molecule has 19 heavy (non-hydrogen) atoms. The van der Waals surface area contributed by atoms with E-state index >= 15 is 0 Å². The molecule has 0 radical (unpaired) electrons. The number of hydrogen-bond acceptors (Lipinski definition) is 3. The average Bonchev–Trinajstić information content (AvgIpc) is 2.76. The zero-order chi connectivity index (χ0) is 13.1. The molecular weight excluding hydrogens is 243 g/mol. The fourth-order valence-electron chi connectivity index (χ4n) is 2.48. The maximum atomic E-state index is 12.9. The quantitative estimate of drug-likeness (QED) is 0.895. The second-order valence-electron chi connectivity index (χ2n) is 4.98. The summed E-state index contributed by atoms with van der Waals surface area (Å²) in [5.41, 5.74) is 1.80. The second kappa shape index (κ2) is 5.53. The molecule has 0 spiro atoms. The van der Waals surface area contributed by atoms with Gasteiger partial charge in [-0.25, -0.2) is 4.39 Å². The van der Waals surface area contributed by atoms with Crippen LogP contribution in [0.1, 0.15) is 37.4 Å². The zero-order valence-corrected chi connectivity index (χ0v) is 10.7. The van der Waals surface area contributed by atoms with Crippen molar-refractivity contribution in [1.29, 1.82) is 0 Å². The Bertz CT molecular complexity index is 527. The minimum atomic E-state index is -0.242. The molecule has 1 fully saturated rings. The maximum absolute atomic E-state index is 12.9. The van der Waals surface area contributed by atoms with Gasteiger partial charge in [0.2, 0.25) is 0 Å². The lowest BCUT2D eigenvalue weighted by Gasteiger charge is -2.11. The number of halogens is 1. The number of aromatic nitrogens is 1. The summed E-state index contributed by atoms with van der Waals surface area (Å²) < 4.78 is 18.3. The summed E-state index contributed by atoms with van der Waals surface area (Å²) in [5, 5.41) is 7.64. The van der Waals surface area contributed by atoms with Crippen LogP contribution < -0.4 is 5.32 Å². The van der Waals surface area contributed by atoms with Crippen molar-refractivity contribution in [2.24, 2.45) is 0 Å². The van der Waals surface area contributed by atoms with Gasteiger partial charge in [-0.2, -0.15) is 0 Å². The molecule has 1 aliphatic rings. The monoisotopic (exact) mass is 260 g/mol. The fourth-order valence-corrected chi connectivity index (χ4v) is 2.48. The molecular formula is C15H17FN2O. The van der Waals surface area contributed by atoms with Gasteiger partial charge in [-0.15, -0.1) is 0 Å². The molecule has 100 valence electrons. The van der Waals surface area contributed by atoms with Gasteiger partial charge in [-0.05, 0) is 43.7 Å². The number of hydrogen-bond donors (Lipinski definition) is 1. The third-order valence-electron chi connectivity index (χ3n) is 3.57. The van der Waals surface area contributed by atoms with E-state index in [2.05, 4.69) is 10.5 Å². The lowest BCUT2D eigenvalue weighted by atomic mass is 10.1. The summed E-state index contributed by atoms with van der Waals surface area (Å²) in [6.45, 7) is 1.03. The molecule has 1 N–H and O–H groups in total. The summed E-state index contributed by atoms with van der Waals surface area (Å²) in [4.78, 5) is 0. The van der Waals surface area contributed by atoms with Crippen LogP contribution in [0.5, 0.6) is 0 Å². The van der Waals surface area contributed by atoms with E-state index in [4.69, 9.17) is 4.52 Å². The van der Waals surface area contributed by atoms with Crippen LogP contribution in [0.15, 0.2) is 34.9 Å². The number of nitrogens with one attached hydrogen (secondary N) is 1. The van der Waals surface area contributed by atoms with Crippen molar-refractivity contribution < 1.29 is 8.91 Å². The third-order valence-corrected chi connectivity index (χ3v) is 3.57. The van der Waals surface area contributed by atoms with Gasteiger partial charge in [0.05, 0.1) is 6.04 Å². The van der Waals surface area contributed by atoms with Gasteiger partial charge < -0.3 is 9.84 Å². The molecule has 0 bridgehead atoms. The van der Waals surface area contributed by atoms with E-state index in [1.165, 1.54) is 31.4 Å². The molecule has 1 aromatic carbocycles. The minimum absolute atomic E-state index is 0.242. The van der Waals surface area contributed by atoms with Crippen LogP contribution >= 0.6 is 0 Å². The van der Waals surface area contributed by atoms with Crippen LogP contribution in [-0.4, -0.2) is 11.7 Å². The van der Waals surface area contributed by atoms with E-state index in [0.29, 0.717) is 5.76 Å². The van der Waals surface area contributed by atoms with Crippen LogP contribution in [0.25, 0.3) is 11.3 Å². The first kappa shape index (κ1) is 12.4. The Labute approximate surface area is 111 Å². The van der Waals surface area contributed by atoms with E-state index < -0.39 is 0 Å². The van der Waals surface area contributed by atoms with Crippen LogP contribution in [0.2, 0.25) is 0 Å². The van der Waals surface area contributed by atoms with Crippen molar-refractivity contribution in [3.63, 3.8) is 0 Å². The summed E-state index contributed by atoms with van der Waals surface area (Å²) in [6.07, 6.45) is 4.80. The van der Waals surface area contributed by atoms with E-state index in [1.54, 1.807) is 12.1 Å². The fraction of sp³-hybridized carbons (Fsp3) is 0.400. The largest absolute Gasteiger partial charge is 0.356 e. The van der Waals surface area contributed by atoms with Crippen molar-refractivity contribution in [3.8, 4) is 11.3 Å².